The maximum absolute atomic E-state index is 12.1. The highest BCUT2D eigenvalue weighted by molar-refractivity contribution is 7.14. The first-order chi connectivity index (χ1) is 8.58. The maximum Gasteiger partial charge on any atom is 0.186 e. The Kier molecular flexibility index (Phi) is 4.50. The van der Waals surface area contributed by atoms with Crippen molar-refractivity contribution >= 4 is 17.1 Å². The quantitative estimate of drug-likeness (QED) is 0.838. The molecular weight excluding hydrogens is 250 g/mol. The zero-order valence-electron chi connectivity index (χ0n) is 10.8. The van der Waals surface area contributed by atoms with Gasteiger partial charge in [-0.15, -0.1) is 11.3 Å². The molecule has 100 valence electrons. The van der Waals surface area contributed by atoms with E-state index in [2.05, 4.69) is 4.90 Å². The number of ketones is 1. The van der Waals surface area contributed by atoms with E-state index in [1.54, 1.807) is 0 Å². The van der Waals surface area contributed by atoms with Gasteiger partial charge in [-0.25, -0.2) is 0 Å². The summed E-state index contributed by atoms with van der Waals surface area (Å²) in [5.74, 6) is 0.152. The normalized spacial score (nSPS) is 25.3. The van der Waals surface area contributed by atoms with E-state index in [-0.39, 0.29) is 24.6 Å². The van der Waals surface area contributed by atoms with Crippen LogP contribution in [0, 0.1) is 6.92 Å². The summed E-state index contributed by atoms with van der Waals surface area (Å²) in [7, 11) is 0. The van der Waals surface area contributed by atoms with Gasteiger partial charge in [0.25, 0.3) is 0 Å². The Morgan fingerprint density at radius 1 is 1.56 bits per heavy atom. The lowest BCUT2D eigenvalue weighted by atomic mass is 10.2. The van der Waals surface area contributed by atoms with Gasteiger partial charge in [0.05, 0.1) is 30.2 Å². The Bertz CT molecular complexity index is 418. The summed E-state index contributed by atoms with van der Waals surface area (Å²) in [6.07, 6.45) is -0.111. The Morgan fingerprint density at radius 3 is 2.94 bits per heavy atom. The first-order valence-corrected chi connectivity index (χ1v) is 6.98. The summed E-state index contributed by atoms with van der Waals surface area (Å²) >= 11 is 1.53. The van der Waals surface area contributed by atoms with Crippen molar-refractivity contribution in [3.63, 3.8) is 0 Å². The molecule has 0 saturated carbocycles. The molecule has 2 unspecified atom stereocenters. The summed E-state index contributed by atoms with van der Waals surface area (Å²) in [5, 5.41) is 9.15. The molecule has 1 aliphatic heterocycles. The van der Waals surface area contributed by atoms with Gasteiger partial charge in [0.2, 0.25) is 0 Å². The van der Waals surface area contributed by atoms with Gasteiger partial charge >= 0.3 is 0 Å². The van der Waals surface area contributed by atoms with Crippen LogP contribution < -0.4 is 0 Å². The second kappa shape index (κ2) is 5.93. The highest BCUT2D eigenvalue weighted by Gasteiger charge is 2.26. The largest absolute Gasteiger partial charge is 0.394 e. The van der Waals surface area contributed by atoms with E-state index < -0.39 is 0 Å². The zero-order valence-corrected chi connectivity index (χ0v) is 11.6. The number of thiophene rings is 1. The molecule has 0 radical (unpaired) electrons. The Balaban J connectivity index is 1.94. The third-order valence-corrected chi connectivity index (χ3v) is 4.03. The molecule has 0 bridgehead atoms. The van der Waals surface area contributed by atoms with Gasteiger partial charge in [-0.2, -0.15) is 0 Å². The predicted molar refractivity (Wildman–Crippen MR) is 71.2 cm³/mol. The van der Waals surface area contributed by atoms with Crippen LogP contribution in [0.1, 0.15) is 21.5 Å². The summed E-state index contributed by atoms with van der Waals surface area (Å²) in [6, 6.07) is 3.85. The van der Waals surface area contributed by atoms with Crippen LogP contribution in [0.5, 0.6) is 0 Å². The monoisotopic (exact) mass is 269 g/mol. The van der Waals surface area contributed by atoms with Gasteiger partial charge in [0.15, 0.2) is 5.78 Å². The van der Waals surface area contributed by atoms with E-state index in [4.69, 9.17) is 9.84 Å². The number of rotatable bonds is 4. The van der Waals surface area contributed by atoms with Gasteiger partial charge in [0.1, 0.15) is 0 Å². The predicted octanol–water partition coefficient (Wildman–Crippen LogP) is 1.32. The second-order valence-electron chi connectivity index (χ2n) is 4.78. The maximum atomic E-state index is 12.1. The molecule has 0 amide bonds. The molecule has 1 aromatic heterocycles. The Morgan fingerprint density at radius 2 is 2.33 bits per heavy atom. The highest BCUT2D eigenvalue weighted by atomic mass is 32.1. The molecule has 2 rings (SSSR count). The topological polar surface area (TPSA) is 49.8 Å². The van der Waals surface area contributed by atoms with E-state index in [9.17, 15) is 4.79 Å². The van der Waals surface area contributed by atoms with Crippen LogP contribution in [-0.4, -0.2) is 54.2 Å². The number of hydrogen-bond acceptors (Lipinski definition) is 5. The van der Waals surface area contributed by atoms with Crippen molar-refractivity contribution < 1.29 is 14.6 Å². The number of Topliss-reactive ketones (excluding diaryl/α,β-unsaturated/α-hetero) is 1. The van der Waals surface area contributed by atoms with E-state index in [0.717, 1.165) is 16.3 Å². The van der Waals surface area contributed by atoms with Crippen molar-refractivity contribution in [1.82, 2.24) is 4.90 Å². The van der Waals surface area contributed by atoms with Gasteiger partial charge in [0, 0.05) is 18.0 Å². The first kappa shape index (κ1) is 13.7. The Labute approximate surface area is 111 Å². The van der Waals surface area contributed by atoms with Crippen molar-refractivity contribution in [3.05, 3.63) is 21.9 Å². The van der Waals surface area contributed by atoms with Crippen LogP contribution in [-0.2, 0) is 4.74 Å². The van der Waals surface area contributed by atoms with Crippen LogP contribution in [0.15, 0.2) is 12.1 Å². The van der Waals surface area contributed by atoms with Crippen molar-refractivity contribution in [2.45, 2.75) is 26.1 Å². The van der Waals surface area contributed by atoms with E-state index in [1.807, 2.05) is 26.0 Å². The van der Waals surface area contributed by atoms with Crippen LogP contribution >= 0.6 is 11.3 Å². The zero-order chi connectivity index (χ0) is 13.1. The van der Waals surface area contributed by atoms with Crippen LogP contribution in [0.25, 0.3) is 0 Å². The number of carbonyl (C=O) groups is 1. The van der Waals surface area contributed by atoms with Gasteiger partial charge in [-0.1, -0.05) is 0 Å². The third kappa shape index (κ3) is 3.38. The number of carbonyl (C=O) groups excluding carboxylic acids is 1. The molecule has 0 aromatic carbocycles. The average molecular weight is 269 g/mol. The van der Waals surface area contributed by atoms with Gasteiger partial charge in [-0.3, -0.25) is 9.69 Å². The van der Waals surface area contributed by atoms with E-state index >= 15 is 0 Å². The second-order valence-corrected chi connectivity index (χ2v) is 6.07. The number of nitrogens with zero attached hydrogens (tertiary/aromatic N) is 1. The molecule has 0 aliphatic carbocycles. The van der Waals surface area contributed by atoms with Crippen LogP contribution in [0.3, 0.4) is 0 Å². The van der Waals surface area contributed by atoms with Crippen molar-refractivity contribution in [2.75, 3.05) is 26.2 Å². The fourth-order valence-corrected chi connectivity index (χ4v) is 3.03. The first-order valence-electron chi connectivity index (χ1n) is 6.17. The number of hydrogen-bond donors (Lipinski definition) is 1. The van der Waals surface area contributed by atoms with Gasteiger partial charge in [-0.05, 0) is 26.0 Å². The van der Waals surface area contributed by atoms with Crippen LogP contribution in [0.4, 0.5) is 0 Å². The summed E-state index contributed by atoms with van der Waals surface area (Å²) < 4.78 is 5.56. The van der Waals surface area contributed by atoms with Crippen molar-refractivity contribution in [1.29, 1.82) is 0 Å². The molecule has 5 heteroatoms. The lowest BCUT2D eigenvalue weighted by Crippen LogP contribution is -2.49. The minimum Gasteiger partial charge on any atom is -0.394 e. The molecule has 1 saturated heterocycles. The summed E-state index contributed by atoms with van der Waals surface area (Å²) in [5.41, 5.74) is 0. The number of aliphatic hydroxyl groups is 1. The molecular formula is C13H19NO3S. The number of aliphatic hydroxyl groups excluding tert-OH is 1. The smallest absolute Gasteiger partial charge is 0.186 e. The lowest BCUT2D eigenvalue weighted by Gasteiger charge is -2.35. The van der Waals surface area contributed by atoms with Crippen LogP contribution in [0.2, 0.25) is 0 Å². The number of morpholine rings is 1. The SMILES string of the molecule is Cc1ccc(C(=O)CN2CC(C)OC(CO)C2)s1. The number of aryl methyl sites for hydroxylation is 1. The summed E-state index contributed by atoms with van der Waals surface area (Å²) in [4.78, 5) is 16.1. The van der Waals surface area contributed by atoms with E-state index in [1.165, 1.54) is 11.3 Å². The fraction of sp³-hybridized carbons (Fsp3) is 0.615. The molecule has 2 atom stereocenters. The molecule has 4 nitrogen and oxygen atoms in total. The third-order valence-electron chi connectivity index (χ3n) is 2.99. The molecule has 18 heavy (non-hydrogen) atoms. The van der Waals surface area contributed by atoms with E-state index in [0.29, 0.717) is 13.1 Å². The molecule has 2 heterocycles. The average Bonchev–Trinajstić information content (AvgIpc) is 2.75. The van der Waals surface area contributed by atoms with Crippen molar-refractivity contribution in [2.24, 2.45) is 0 Å². The fourth-order valence-electron chi connectivity index (χ4n) is 2.24. The molecule has 1 N–H and O–H groups in total. The minimum atomic E-state index is -0.174. The number of ether oxygens (including phenoxy) is 1. The molecule has 1 fully saturated rings. The lowest BCUT2D eigenvalue weighted by molar-refractivity contribution is -0.0926. The molecule has 1 aliphatic rings. The molecule has 0 spiro atoms. The summed E-state index contributed by atoms with van der Waals surface area (Å²) in [6.45, 7) is 5.75. The van der Waals surface area contributed by atoms with Gasteiger partial charge < -0.3 is 9.84 Å². The van der Waals surface area contributed by atoms with Crippen molar-refractivity contribution in [3.8, 4) is 0 Å². The minimum absolute atomic E-state index is 0.00708. The Hall–Kier alpha value is -0.750. The molecule has 1 aromatic rings. The highest BCUT2D eigenvalue weighted by Crippen LogP contribution is 2.17. The standard InChI is InChI=1S/C13H19NO3S/c1-9-5-14(6-11(8-15)17-9)7-12(16)13-4-3-10(2)18-13/h3-4,9,11,15H,5-8H2,1-2H3.